The Balaban J connectivity index is 1.83. The number of nitrogens with zero attached hydrogens (tertiary/aromatic N) is 2. The van der Waals surface area contributed by atoms with Crippen molar-refractivity contribution in [3.05, 3.63) is 53.5 Å². The van der Waals surface area contributed by atoms with Crippen molar-refractivity contribution in [3.8, 4) is 0 Å². The fourth-order valence-electron chi connectivity index (χ4n) is 2.83. The molecule has 1 unspecified atom stereocenters. The van der Waals surface area contributed by atoms with Crippen LogP contribution in [0.2, 0.25) is 0 Å². The van der Waals surface area contributed by atoms with Crippen LogP contribution in [0.1, 0.15) is 23.0 Å². The highest BCUT2D eigenvalue weighted by Gasteiger charge is 2.25. The number of pyridine rings is 1. The summed E-state index contributed by atoms with van der Waals surface area (Å²) in [6, 6.07) is 10.4. The van der Waals surface area contributed by atoms with E-state index in [1.807, 2.05) is 24.4 Å². The molecule has 1 atom stereocenters. The first-order valence-corrected chi connectivity index (χ1v) is 6.73. The highest BCUT2D eigenvalue weighted by molar-refractivity contribution is 5.79. The van der Waals surface area contributed by atoms with Gasteiger partial charge in [0.25, 0.3) is 0 Å². The molecular formula is C15H15N5. The second-order valence-corrected chi connectivity index (χ2v) is 5.08. The number of nitrogen functional groups attached to an aromatic ring is 1. The molecule has 1 aliphatic rings. The van der Waals surface area contributed by atoms with Crippen LogP contribution in [0.25, 0.3) is 10.9 Å². The van der Waals surface area contributed by atoms with Crippen molar-refractivity contribution >= 4 is 16.9 Å². The Morgan fingerprint density at radius 3 is 3.10 bits per heavy atom. The third-order valence-corrected chi connectivity index (χ3v) is 3.77. The standard InChI is InChI=1S/C15H15N5/c16-15-19-12-5-6-17-13(14(12)20-15)10-7-9-3-1-2-4-11(9)18-8-10/h1-4,7-8,13,17H,5-6H2,(H3,16,19,20). The number of hydrogen-bond acceptors (Lipinski definition) is 4. The van der Waals surface area contributed by atoms with Gasteiger partial charge in [0.1, 0.15) is 0 Å². The molecule has 1 aliphatic heterocycles. The lowest BCUT2D eigenvalue weighted by Crippen LogP contribution is -2.30. The molecule has 0 aliphatic carbocycles. The predicted octanol–water partition coefficient (Wildman–Crippen LogP) is 1.78. The lowest BCUT2D eigenvalue weighted by atomic mass is 9.98. The smallest absolute Gasteiger partial charge is 0.197 e. The van der Waals surface area contributed by atoms with E-state index in [4.69, 9.17) is 5.73 Å². The zero-order valence-electron chi connectivity index (χ0n) is 10.9. The monoisotopic (exact) mass is 265 g/mol. The Bertz CT molecular complexity index is 777. The second-order valence-electron chi connectivity index (χ2n) is 5.08. The van der Waals surface area contributed by atoms with E-state index in [2.05, 4.69) is 32.4 Å². The first kappa shape index (κ1) is 11.4. The Morgan fingerprint density at radius 1 is 1.25 bits per heavy atom. The second kappa shape index (κ2) is 4.31. The number of aromatic amines is 1. The van der Waals surface area contributed by atoms with Crippen molar-refractivity contribution in [2.45, 2.75) is 12.5 Å². The molecule has 0 spiro atoms. The van der Waals surface area contributed by atoms with Gasteiger partial charge in [0, 0.05) is 30.2 Å². The van der Waals surface area contributed by atoms with Gasteiger partial charge >= 0.3 is 0 Å². The molecule has 0 fully saturated rings. The zero-order valence-corrected chi connectivity index (χ0v) is 10.9. The number of anilines is 1. The fourth-order valence-corrected chi connectivity index (χ4v) is 2.83. The van der Waals surface area contributed by atoms with Gasteiger partial charge in [-0.05, 0) is 17.7 Å². The van der Waals surface area contributed by atoms with E-state index in [1.54, 1.807) is 0 Å². The number of nitrogens with one attached hydrogen (secondary N) is 2. The maximum atomic E-state index is 5.78. The van der Waals surface area contributed by atoms with Gasteiger partial charge in [0.2, 0.25) is 0 Å². The molecule has 5 heteroatoms. The molecule has 3 heterocycles. The van der Waals surface area contributed by atoms with Crippen molar-refractivity contribution in [3.63, 3.8) is 0 Å². The topological polar surface area (TPSA) is 79.6 Å². The first-order chi connectivity index (χ1) is 9.81. The average molecular weight is 265 g/mol. The van der Waals surface area contributed by atoms with Gasteiger partial charge in [-0.25, -0.2) is 4.98 Å². The quantitative estimate of drug-likeness (QED) is 0.626. The van der Waals surface area contributed by atoms with Crippen LogP contribution in [0, 0.1) is 0 Å². The van der Waals surface area contributed by atoms with Crippen molar-refractivity contribution < 1.29 is 0 Å². The van der Waals surface area contributed by atoms with Gasteiger partial charge in [0.05, 0.1) is 17.3 Å². The summed E-state index contributed by atoms with van der Waals surface area (Å²) in [5, 5.41) is 4.63. The summed E-state index contributed by atoms with van der Waals surface area (Å²) in [4.78, 5) is 12.1. The van der Waals surface area contributed by atoms with E-state index in [0.717, 1.165) is 40.8 Å². The summed E-state index contributed by atoms with van der Waals surface area (Å²) in [5.74, 6) is 0.484. The largest absolute Gasteiger partial charge is 0.369 e. The lowest BCUT2D eigenvalue weighted by molar-refractivity contribution is 0.553. The van der Waals surface area contributed by atoms with Crippen LogP contribution in [0.5, 0.6) is 0 Å². The average Bonchev–Trinajstić information content (AvgIpc) is 2.86. The molecule has 1 aromatic carbocycles. The Morgan fingerprint density at radius 2 is 2.15 bits per heavy atom. The number of fused-ring (bicyclic) bond motifs is 2. The normalized spacial score (nSPS) is 18.1. The van der Waals surface area contributed by atoms with Crippen LogP contribution in [0.3, 0.4) is 0 Å². The molecule has 0 bridgehead atoms. The number of nitrogens with two attached hydrogens (primary N) is 1. The summed E-state index contributed by atoms with van der Waals surface area (Å²) in [6.07, 6.45) is 2.84. The van der Waals surface area contributed by atoms with Gasteiger partial charge in [0.15, 0.2) is 5.95 Å². The minimum absolute atomic E-state index is 0.0596. The van der Waals surface area contributed by atoms with Gasteiger partial charge < -0.3 is 16.0 Å². The predicted molar refractivity (Wildman–Crippen MR) is 78.3 cm³/mol. The van der Waals surface area contributed by atoms with E-state index in [-0.39, 0.29) is 6.04 Å². The number of imidazole rings is 1. The minimum atomic E-state index is 0.0596. The lowest BCUT2D eigenvalue weighted by Gasteiger charge is -2.23. The number of rotatable bonds is 1. The van der Waals surface area contributed by atoms with Crippen LogP contribution in [0.15, 0.2) is 36.5 Å². The number of aromatic nitrogens is 3. The van der Waals surface area contributed by atoms with Crippen LogP contribution >= 0.6 is 0 Å². The van der Waals surface area contributed by atoms with E-state index < -0.39 is 0 Å². The molecule has 0 amide bonds. The molecule has 4 N–H and O–H groups in total. The molecule has 4 rings (SSSR count). The fraction of sp³-hybridized carbons (Fsp3) is 0.200. The van der Waals surface area contributed by atoms with Crippen molar-refractivity contribution in [2.24, 2.45) is 0 Å². The maximum absolute atomic E-state index is 5.78. The molecular weight excluding hydrogens is 250 g/mol. The van der Waals surface area contributed by atoms with Gasteiger partial charge in [-0.15, -0.1) is 0 Å². The van der Waals surface area contributed by atoms with Crippen molar-refractivity contribution in [2.75, 3.05) is 12.3 Å². The van der Waals surface area contributed by atoms with Crippen molar-refractivity contribution in [1.82, 2.24) is 20.3 Å². The Hall–Kier alpha value is -2.40. The van der Waals surface area contributed by atoms with E-state index in [1.165, 1.54) is 0 Å². The summed E-state index contributed by atoms with van der Waals surface area (Å²) >= 11 is 0. The molecule has 100 valence electrons. The van der Waals surface area contributed by atoms with Crippen LogP contribution in [0.4, 0.5) is 5.95 Å². The van der Waals surface area contributed by atoms with E-state index in [0.29, 0.717) is 5.95 Å². The highest BCUT2D eigenvalue weighted by atomic mass is 15.1. The van der Waals surface area contributed by atoms with Crippen LogP contribution in [-0.4, -0.2) is 21.5 Å². The third kappa shape index (κ3) is 1.75. The van der Waals surface area contributed by atoms with Crippen molar-refractivity contribution in [1.29, 1.82) is 0 Å². The van der Waals surface area contributed by atoms with Gasteiger partial charge in [-0.1, -0.05) is 18.2 Å². The first-order valence-electron chi connectivity index (χ1n) is 6.73. The van der Waals surface area contributed by atoms with E-state index >= 15 is 0 Å². The molecule has 0 saturated carbocycles. The molecule has 2 aromatic heterocycles. The number of hydrogen-bond donors (Lipinski definition) is 3. The number of benzene rings is 1. The summed E-state index contributed by atoms with van der Waals surface area (Å²) in [6.45, 7) is 0.909. The Kier molecular flexibility index (Phi) is 2.47. The SMILES string of the molecule is Nc1nc2c([nH]1)CCNC2c1cnc2ccccc2c1. The summed E-state index contributed by atoms with van der Waals surface area (Å²) in [7, 11) is 0. The third-order valence-electron chi connectivity index (χ3n) is 3.77. The summed E-state index contributed by atoms with van der Waals surface area (Å²) in [5.41, 5.74) is 10.0. The molecule has 5 nitrogen and oxygen atoms in total. The van der Waals surface area contributed by atoms with Crippen LogP contribution in [-0.2, 0) is 6.42 Å². The number of para-hydroxylation sites is 1. The van der Waals surface area contributed by atoms with Gasteiger partial charge in [-0.3, -0.25) is 4.98 Å². The minimum Gasteiger partial charge on any atom is -0.369 e. The zero-order chi connectivity index (χ0) is 13.5. The summed E-state index contributed by atoms with van der Waals surface area (Å²) < 4.78 is 0. The molecule has 3 aromatic rings. The molecule has 20 heavy (non-hydrogen) atoms. The number of H-pyrrole nitrogens is 1. The maximum Gasteiger partial charge on any atom is 0.197 e. The Labute approximate surface area is 116 Å². The van der Waals surface area contributed by atoms with Crippen LogP contribution < -0.4 is 11.1 Å². The van der Waals surface area contributed by atoms with Gasteiger partial charge in [-0.2, -0.15) is 0 Å². The van der Waals surface area contributed by atoms with E-state index in [9.17, 15) is 0 Å². The highest BCUT2D eigenvalue weighted by Crippen LogP contribution is 2.28. The molecule has 0 radical (unpaired) electrons. The molecule has 0 saturated heterocycles.